The summed E-state index contributed by atoms with van der Waals surface area (Å²) in [6, 6.07) is 10.2. The predicted molar refractivity (Wildman–Crippen MR) is 85.4 cm³/mol. The van der Waals surface area contributed by atoms with E-state index in [4.69, 9.17) is 0 Å². The van der Waals surface area contributed by atoms with Crippen LogP contribution in [-0.2, 0) is 12.8 Å². The lowest BCUT2D eigenvalue weighted by atomic mass is 9.93. The number of hydrogen-bond acceptors (Lipinski definition) is 2. The topological polar surface area (TPSA) is 29.1 Å². The monoisotopic (exact) mass is 347 g/mol. The summed E-state index contributed by atoms with van der Waals surface area (Å²) >= 11 is 3.38. The van der Waals surface area contributed by atoms with Crippen molar-refractivity contribution in [1.29, 1.82) is 0 Å². The molecule has 108 valence electrons. The molecule has 0 spiro atoms. The maximum atomic E-state index is 13.3. The summed E-state index contributed by atoms with van der Waals surface area (Å²) in [7, 11) is 0. The number of carbonyl (C=O) groups is 1. The van der Waals surface area contributed by atoms with E-state index in [0.717, 1.165) is 40.7 Å². The fourth-order valence-corrected chi connectivity index (χ4v) is 3.11. The maximum absolute atomic E-state index is 13.3. The number of fused-ring (bicyclic) bond motifs is 1. The lowest BCUT2D eigenvalue weighted by molar-refractivity contribution is 0.0992. The Labute approximate surface area is 131 Å². The van der Waals surface area contributed by atoms with Gasteiger partial charge in [-0.2, -0.15) is 0 Å². The molecule has 0 unspecified atom stereocenters. The molecule has 1 heterocycles. The van der Waals surface area contributed by atoms with E-state index in [2.05, 4.69) is 21.2 Å². The SMILES string of the molecule is O=C(Cc1cc(F)ccc1Br)c1cccc2c1CCCN2. The van der Waals surface area contributed by atoms with Crippen molar-refractivity contribution in [2.75, 3.05) is 11.9 Å². The van der Waals surface area contributed by atoms with Crippen LogP contribution in [0.3, 0.4) is 0 Å². The first kappa shape index (κ1) is 14.3. The van der Waals surface area contributed by atoms with Crippen LogP contribution in [0.4, 0.5) is 10.1 Å². The molecule has 0 atom stereocenters. The molecule has 1 aliphatic heterocycles. The summed E-state index contributed by atoms with van der Waals surface area (Å²) in [5.74, 6) is -0.292. The molecule has 0 amide bonds. The summed E-state index contributed by atoms with van der Waals surface area (Å²) in [4.78, 5) is 12.6. The molecule has 3 rings (SSSR count). The summed E-state index contributed by atoms with van der Waals surface area (Å²) in [5.41, 5.74) is 3.56. The van der Waals surface area contributed by atoms with Crippen molar-refractivity contribution in [1.82, 2.24) is 0 Å². The second kappa shape index (κ2) is 5.98. The molecule has 0 radical (unpaired) electrons. The zero-order chi connectivity index (χ0) is 14.8. The quantitative estimate of drug-likeness (QED) is 0.835. The van der Waals surface area contributed by atoms with Crippen LogP contribution in [0.2, 0.25) is 0 Å². The third-order valence-corrected chi connectivity index (χ3v) is 4.53. The fourth-order valence-electron chi connectivity index (χ4n) is 2.72. The third-order valence-electron chi connectivity index (χ3n) is 3.75. The fraction of sp³-hybridized carbons (Fsp3) is 0.235. The molecule has 0 aromatic heterocycles. The van der Waals surface area contributed by atoms with E-state index >= 15 is 0 Å². The highest BCUT2D eigenvalue weighted by Gasteiger charge is 2.18. The minimum Gasteiger partial charge on any atom is -0.385 e. The van der Waals surface area contributed by atoms with Crippen LogP contribution >= 0.6 is 15.9 Å². The van der Waals surface area contributed by atoms with E-state index in [1.807, 2.05) is 18.2 Å². The lowest BCUT2D eigenvalue weighted by Gasteiger charge is -2.20. The molecule has 2 aromatic rings. The van der Waals surface area contributed by atoms with Gasteiger partial charge in [0.15, 0.2) is 5.78 Å². The Morgan fingerprint density at radius 2 is 2.14 bits per heavy atom. The van der Waals surface area contributed by atoms with Gasteiger partial charge in [-0.25, -0.2) is 4.39 Å². The molecule has 0 bridgehead atoms. The number of carbonyl (C=O) groups excluding carboxylic acids is 1. The standard InChI is InChI=1S/C17H15BrFNO/c18-15-7-6-12(19)9-11(15)10-17(21)14-3-1-5-16-13(14)4-2-8-20-16/h1,3,5-7,9,20H,2,4,8,10H2. The Kier molecular flexibility index (Phi) is 4.06. The molecule has 4 heteroatoms. The first-order chi connectivity index (χ1) is 10.1. The van der Waals surface area contributed by atoms with Crippen LogP contribution < -0.4 is 5.32 Å². The highest BCUT2D eigenvalue weighted by atomic mass is 79.9. The van der Waals surface area contributed by atoms with E-state index in [-0.39, 0.29) is 18.0 Å². The van der Waals surface area contributed by atoms with Gasteiger partial charge in [0.25, 0.3) is 0 Å². The van der Waals surface area contributed by atoms with Crippen LogP contribution in [0, 0.1) is 5.82 Å². The summed E-state index contributed by atoms with van der Waals surface area (Å²) in [5, 5.41) is 3.32. The second-order valence-corrected chi connectivity index (χ2v) is 6.05. The van der Waals surface area contributed by atoms with Gasteiger partial charge in [-0.1, -0.05) is 28.1 Å². The van der Waals surface area contributed by atoms with E-state index in [1.54, 1.807) is 6.07 Å². The van der Waals surface area contributed by atoms with Crippen LogP contribution in [-0.4, -0.2) is 12.3 Å². The molecular formula is C17H15BrFNO. The number of rotatable bonds is 3. The van der Waals surface area contributed by atoms with Crippen molar-refractivity contribution in [3.05, 3.63) is 63.4 Å². The van der Waals surface area contributed by atoms with E-state index < -0.39 is 0 Å². The second-order valence-electron chi connectivity index (χ2n) is 5.20. The Morgan fingerprint density at radius 1 is 1.29 bits per heavy atom. The molecular weight excluding hydrogens is 333 g/mol. The normalized spacial score (nSPS) is 13.4. The molecule has 21 heavy (non-hydrogen) atoms. The molecule has 0 saturated carbocycles. The van der Waals surface area contributed by atoms with Crippen molar-refractivity contribution < 1.29 is 9.18 Å². The van der Waals surface area contributed by atoms with E-state index in [0.29, 0.717) is 5.56 Å². The van der Waals surface area contributed by atoms with Crippen molar-refractivity contribution in [3.8, 4) is 0 Å². The number of benzene rings is 2. The molecule has 0 saturated heterocycles. The van der Waals surface area contributed by atoms with Gasteiger partial charge < -0.3 is 5.32 Å². The number of anilines is 1. The van der Waals surface area contributed by atoms with Gasteiger partial charge in [-0.3, -0.25) is 4.79 Å². The van der Waals surface area contributed by atoms with Crippen molar-refractivity contribution in [2.45, 2.75) is 19.3 Å². The van der Waals surface area contributed by atoms with E-state index in [1.165, 1.54) is 12.1 Å². The average molecular weight is 348 g/mol. The molecule has 2 aromatic carbocycles. The van der Waals surface area contributed by atoms with Crippen molar-refractivity contribution in [2.24, 2.45) is 0 Å². The van der Waals surface area contributed by atoms with Gasteiger partial charge in [0.2, 0.25) is 0 Å². The van der Waals surface area contributed by atoms with Gasteiger partial charge in [0.05, 0.1) is 0 Å². The lowest BCUT2D eigenvalue weighted by Crippen LogP contribution is -2.16. The smallest absolute Gasteiger partial charge is 0.167 e. The first-order valence-electron chi connectivity index (χ1n) is 6.98. The third kappa shape index (κ3) is 3.00. The number of nitrogens with one attached hydrogen (secondary N) is 1. The van der Waals surface area contributed by atoms with Crippen LogP contribution in [0.25, 0.3) is 0 Å². The van der Waals surface area contributed by atoms with E-state index in [9.17, 15) is 9.18 Å². The van der Waals surface area contributed by atoms with Gasteiger partial charge in [-0.15, -0.1) is 0 Å². The maximum Gasteiger partial charge on any atom is 0.167 e. The molecule has 0 fully saturated rings. The van der Waals surface area contributed by atoms with Crippen molar-refractivity contribution >= 4 is 27.4 Å². The molecule has 1 aliphatic rings. The van der Waals surface area contributed by atoms with Gasteiger partial charge in [0, 0.05) is 28.7 Å². The number of ketones is 1. The van der Waals surface area contributed by atoms with Crippen LogP contribution in [0.15, 0.2) is 40.9 Å². The Morgan fingerprint density at radius 3 is 3.00 bits per heavy atom. The average Bonchev–Trinajstić information content (AvgIpc) is 2.50. The van der Waals surface area contributed by atoms with Gasteiger partial charge >= 0.3 is 0 Å². The number of Topliss-reactive ketones (excluding diaryl/α,β-unsaturated/α-hetero) is 1. The predicted octanol–water partition coefficient (Wildman–Crippen LogP) is 4.37. The van der Waals surface area contributed by atoms with Gasteiger partial charge in [0.1, 0.15) is 5.82 Å². The number of halogens is 2. The number of hydrogen-bond donors (Lipinski definition) is 1. The Bertz CT molecular complexity index is 699. The first-order valence-corrected chi connectivity index (χ1v) is 7.77. The summed E-state index contributed by atoms with van der Waals surface area (Å²) < 4.78 is 14.1. The van der Waals surface area contributed by atoms with Crippen molar-refractivity contribution in [3.63, 3.8) is 0 Å². The van der Waals surface area contributed by atoms with Crippen LogP contribution in [0.5, 0.6) is 0 Å². The van der Waals surface area contributed by atoms with Crippen LogP contribution in [0.1, 0.15) is 27.9 Å². The Balaban J connectivity index is 1.91. The Hall–Kier alpha value is -1.68. The minimum atomic E-state index is -0.322. The zero-order valence-corrected chi connectivity index (χ0v) is 13.0. The summed E-state index contributed by atoms with van der Waals surface area (Å²) in [6.45, 7) is 0.945. The summed E-state index contributed by atoms with van der Waals surface area (Å²) in [6.07, 6.45) is 2.14. The minimum absolute atomic E-state index is 0.0295. The largest absolute Gasteiger partial charge is 0.385 e. The van der Waals surface area contributed by atoms with Gasteiger partial charge in [-0.05, 0) is 48.2 Å². The molecule has 2 nitrogen and oxygen atoms in total. The molecule has 0 aliphatic carbocycles. The highest BCUT2D eigenvalue weighted by molar-refractivity contribution is 9.10. The highest BCUT2D eigenvalue weighted by Crippen LogP contribution is 2.27. The zero-order valence-electron chi connectivity index (χ0n) is 11.5. The molecule has 1 N–H and O–H groups in total.